The van der Waals surface area contributed by atoms with Crippen molar-refractivity contribution in [3.05, 3.63) is 94.4 Å². The Bertz CT molecular complexity index is 1060. The molecule has 0 bridgehead atoms. The summed E-state index contributed by atoms with van der Waals surface area (Å²) in [5.74, 6) is 0.809. The Hall–Kier alpha value is -3.67. The van der Waals surface area contributed by atoms with Crippen LogP contribution in [0.1, 0.15) is 48.2 Å². The molecule has 0 unspecified atom stereocenters. The van der Waals surface area contributed by atoms with E-state index >= 15 is 0 Å². The van der Waals surface area contributed by atoms with Crippen LogP contribution in [0.25, 0.3) is 0 Å². The van der Waals surface area contributed by atoms with Gasteiger partial charge in [-0.15, -0.1) is 0 Å². The van der Waals surface area contributed by atoms with Gasteiger partial charge in [-0.1, -0.05) is 24.3 Å². The normalized spacial score (nSPS) is 13.0. The minimum absolute atomic E-state index is 0.133. The number of imide groups is 1. The second kappa shape index (κ2) is 7.39. The zero-order valence-electron chi connectivity index (χ0n) is 16.2. The van der Waals surface area contributed by atoms with Crippen LogP contribution in [0.15, 0.2) is 65.1 Å². The molecular formula is C23H20N2O4. The van der Waals surface area contributed by atoms with E-state index < -0.39 is 0 Å². The van der Waals surface area contributed by atoms with Crippen LogP contribution in [0, 0.1) is 6.92 Å². The van der Waals surface area contributed by atoms with E-state index in [0.29, 0.717) is 23.2 Å². The van der Waals surface area contributed by atoms with Crippen LogP contribution in [0.2, 0.25) is 0 Å². The third-order valence-electron chi connectivity index (χ3n) is 4.96. The topological polar surface area (TPSA) is 70.8 Å². The SMILES string of the molecule is Cc1ccc(CN(C)C(=O)c2ccc(CN3C(=O)c4ccccc4C3=O)cc2)o1. The number of hydrogen-bond acceptors (Lipinski definition) is 4. The fourth-order valence-corrected chi connectivity index (χ4v) is 3.41. The van der Waals surface area contributed by atoms with Crippen molar-refractivity contribution in [3.8, 4) is 0 Å². The van der Waals surface area contributed by atoms with E-state index in [1.54, 1.807) is 60.5 Å². The molecule has 1 aliphatic rings. The molecule has 0 radical (unpaired) electrons. The van der Waals surface area contributed by atoms with Crippen LogP contribution in [0.5, 0.6) is 0 Å². The molecule has 1 aromatic heterocycles. The van der Waals surface area contributed by atoms with Crippen LogP contribution < -0.4 is 0 Å². The molecule has 0 saturated heterocycles. The molecule has 146 valence electrons. The van der Waals surface area contributed by atoms with Crippen LogP contribution >= 0.6 is 0 Å². The highest BCUT2D eigenvalue weighted by atomic mass is 16.3. The summed E-state index contributed by atoms with van der Waals surface area (Å²) in [5.41, 5.74) is 2.17. The number of carbonyl (C=O) groups is 3. The summed E-state index contributed by atoms with van der Waals surface area (Å²) in [6.45, 7) is 2.41. The monoisotopic (exact) mass is 388 g/mol. The lowest BCUT2D eigenvalue weighted by Gasteiger charge is -2.17. The lowest BCUT2D eigenvalue weighted by molar-refractivity contribution is 0.0641. The van der Waals surface area contributed by atoms with Crippen molar-refractivity contribution in [3.63, 3.8) is 0 Å². The molecule has 1 aliphatic heterocycles. The standard InChI is InChI=1S/C23H20N2O4/c1-15-7-12-18(29-15)14-24(2)21(26)17-10-8-16(9-11-17)13-25-22(27)19-5-3-4-6-20(19)23(25)28/h3-12H,13-14H2,1-2H3. The summed E-state index contributed by atoms with van der Waals surface area (Å²) in [7, 11) is 1.72. The summed E-state index contributed by atoms with van der Waals surface area (Å²) in [6.07, 6.45) is 0. The van der Waals surface area contributed by atoms with Gasteiger partial charge in [-0.2, -0.15) is 0 Å². The molecule has 2 heterocycles. The average Bonchev–Trinajstić information content (AvgIpc) is 3.24. The fraction of sp³-hybridized carbons (Fsp3) is 0.174. The molecule has 0 aliphatic carbocycles. The predicted molar refractivity (Wildman–Crippen MR) is 106 cm³/mol. The van der Waals surface area contributed by atoms with Gasteiger partial charge in [0, 0.05) is 12.6 Å². The highest BCUT2D eigenvalue weighted by Crippen LogP contribution is 2.24. The Morgan fingerprint density at radius 3 is 2.10 bits per heavy atom. The number of benzene rings is 2. The zero-order valence-corrected chi connectivity index (χ0v) is 16.2. The molecule has 2 aromatic carbocycles. The first kappa shape index (κ1) is 18.7. The number of aryl methyl sites for hydroxylation is 1. The molecule has 0 saturated carbocycles. The highest BCUT2D eigenvalue weighted by molar-refractivity contribution is 6.21. The van der Waals surface area contributed by atoms with Gasteiger partial charge >= 0.3 is 0 Å². The van der Waals surface area contributed by atoms with Gasteiger partial charge in [0.1, 0.15) is 11.5 Å². The zero-order chi connectivity index (χ0) is 20.5. The van der Waals surface area contributed by atoms with E-state index in [4.69, 9.17) is 4.42 Å². The molecule has 0 spiro atoms. The Morgan fingerprint density at radius 2 is 1.55 bits per heavy atom. The van der Waals surface area contributed by atoms with Gasteiger partial charge in [0.25, 0.3) is 17.7 Å². The number of rotatable bonds is 5. The van der Waals surface area contributed by atoms with Crippen molar-refractivity contribution in [2.75, 3.05) is 7.05 Å². The molecule has 6 heteroatoms. The number of furan rings is 1. The van der Waals surface area contributed by atoms with Gasteiger partial charge < -0.3 is 9.32 Å². The van der Waals surface area contributed by atoms with E-state index in [9.17, 15) is 14.4 Å². The molecule has 3 amide bonds. The Morgan fingerprint density at radius 1 is 0.931 bits per heavy atom. The van der Waals surface area contributed by atoms with Crippen LogP contribution in [-0.4, -0.2) is 34.6 Å². The predicted octanol–water partition coefficient (Wildman–Crippen LogP) is 3.66. The maximum atomic E-state index is 12.6. The van der Waals surface area contributed by atoms with Gasteiger partial charge in [-0.25, -0.2) is 0 Å². The summed E-state index contributed by atoms with van der Waals surface area (Å²) in [6, 6.07) is 17.5. The maximum absolute atomic E-state index is 12.6. The number of amides is 3. The van der Waals surface area contributed by atoms with Crippen molar-refractivity contribution >= 4 is 17.7 Å². The smallest absolute Gasteiger partial charge is 0.261 e. The fourth-order valence-electron chi connectivity index (χ4n) is 3.41. The number of hydrogen-bond donors (Lipinski definition) is 0. The largest absolute Gasteiger partial charge is 0.464 e. The number of fused-ring (bicyclic) bond motifs is 1. The maximum Gasteiger partial charge on any atom is 0.261 e. The number of nitrogens with zero attached hydrogens (tertiary/aromatic N) is 2. The van der Waals surface area contributed by atoms with Gasteiger partial charge in [-0.05, 0) is 48.9 Å². The highest BCUT2D eigenvalue weighted by Gasteiger charge is 2.34. The summed E-state index contributed by atoms with van der Waals surface area (Å²) in [4.78, 5) is 40.4. The van der Waals surface area contributed by atoms with E-state index in [-0.39, 0.29) is 24.3 Å². The van der Waals surface area contributed by atoms with Crippen molar-refractivity contribution in [2.24, 2.45) is 0 Å². The molecule has 6 nitrogen and oxygen atoms in total. The summed E-state index contributed by atoms with van der Waals surface area (Å²) >= 11 is 0. The third kappa shape index (κ3) is 3.57. The molecule has 4 rings (SSSR count). The first-order valence-corrected chi connectivity index (χ1v) is 9.29. The molecule has 0 atom stereocenters. The molecule has 29 heavy (non-hydrogen) atoms. The minimum atomic E-state index is -0.292. The van der Waals surface area contributed by atoms with E-state index in [1.165, 1.54) is 4.90 Å². The average molecular weight is 388 g/mol. The first-order valence-electron chi connectivity index (χ1n) is 9.29. The van der Waals surface area contributed by atoms with E-state index in [0.717, 1.165) is 17.1 Å². The summed E-state index contributed by atoms with van der Waals surface area (Å²) in [5, 5.41) is 0. The van der Waals surface area contributed by atoms with E-state index in [1.807, 2.05) is 19.1 Å². The Balaban J connectivity index is 1.44. The lowest BCUT2D eigenvalue weighted by Crippen LogP contribution is -2.29. The molecule has 0 fully saturated rings. The van der Waals surface area contributed by atoms with Gasteiger partial charge in [-0.3, -0.25) is 19.3 Å². The Kier molecular flexibility index (Phi) is 4.76. The number of carbonyl (C=O) groups excluding carboxylic acids is 3. The van der Waals surface area contributed by atoms with E-state index in [2.05, 4.69) is 0 Å². The second-order valence-corrected chi connectivity index (χ2v) is 7.11. The lowest BCUT2D eigenvalue weighted by atomic mass is 10.1. The summed E-state index contributed by atoms with van der Waals surface area (Å²) < 4.78 is 5.52. The van der Waals surface area contributed by atoms with Crippen LogP contribution in [0.3, 0.4) is 0 Å². The third-order valence-corrected chi connectivity index (χ3v) is 4.96. The van der Waals surface area contributed by atoms with Crippen LogP contribution in [-0.2, 0) is 13.1 Å². The van der Waals surface area contributed by atoms with Gasteiger partial charge in [0.05, 0.1) is 24.2 Å². The molecular weight excluding hydrogens is 368 g/mol. The second-order valence-electron chi connectivity index (χ2n) is 7.11. The molecule has 3 aromatic rings. The van der Waals surface area contributed by atoms with Crippen molar-refractivity contribution in [1.29, 1.82) is 0 Å². The Labute approximate surface area is 168 Å². The minimum Gasteiger partial charge on any atom is -0.464 e. The first-order chi connectivity index (χ1) is 13.9. The van der Waals surface area contributed by atoms with Gasteiger partial charge in [0.15, 0.2) is 0 Å². The van der Waals surface area contributed by atoms with Crippen LogP contribution in [0.4, 0.5) is 0 Å². The van der Waals surface area contributed by atoms with Crippen molar-refractivity contribution < 1.29 is 18.8 Å². The van der Waals surface area contributed by atoms with Crippen molar-refractivity contribution in [2.45, 2.75) is 20.0 Å². The quantitative estimate of drug-likeness (QED) is 0.626. The van der Waals surface area contributed by atoms with Gasteiger partial charge in [0.2, 0.25) is 0 Å². The van der Waals surface area contributed by atoms with Crippen molar-refractivity contribution in [1.82, 2.24) is 9.80 Å². The molecule has 0 N–H and O–H groups in total.